The van der Waals surface area contributed by atoms with E-state index >= 15 is 0 Å². The maximum atomic E-state index is 10.7. The smallest absolute Gasteiger partial charge is 0.283 e. The fourth-order valence-electron chi connectivity index (χ4n) is 1.45. The highest BCUT2D eigenvalue weighted by Crippen LogP contribution is 2.28. The highest BCUT2D eigenvalue weighted by molar-refractivity contribution is 9.10. The summed E-state index contributed by atoms with van der Waals surface area (Å²) in [5, 5.41) is 14.0. The molecule has 1 aliphatic heterocycles. The molecule has 2 rings (SSSR count). The largest absolute Gasteiger partial charge is 0.378 e. The number of hydrogen-bond acceptors (Lipinski definition) is 4. The molecule has 0 saturated carbocycles. The first-order valence-corrected chi connectivity index (χ1v) is 5.70. The molecule has 1 fully saturated rings. The van der Waals surface area contributed by atoms with Crippen LogP contribution in [0.25, 0.3) is 0 Å². The van der Waals surface area contributed by atoms with Crippen molar-refractivity contribution in [1.29, 1.82) is 0 Å². The van der Waals surface area contributed by atoms with Crippen molar-refractivity contribution in [2.45, 2.75) is 12.6 Å². The number of benzene rings is 1. The van der Waals surface area contributed by atoms with Crippen molar-refractivity contribution in [3.05, 3.63) is 38.3 Å². The number of nitro benzene ring substituents is 1. The number of nitrogens with zero attached hydrogens (tertiary/aromatic N) is 1. The van der Waals surface area contributed by atoms with Crippen LogP contribution in [-0.2, 0) is 11.3 Å². The van der Waals surface area contributed by atoms with E-state index in [-0.39, 0.29) is 10.6 Å². The standard InChI is InChI=1S/C10H11BrN2O3/c11-10-7(4-12-8-5-16-6-8)2-1-3-9(10)13(14)15/h1-3,8,12H,4-6H2. The van der Waals surface area contributed by atoms with Gasteiger partial charge in [-0.2, -0.15) is 0 Å². The van der Waals surface area contributed by atoms with Crippen molar-refractivity contribution in [1.82, 2.24) is 5.32 Å². The molecule has 5 nitrogen and oxygen atoms in total. The van der Waals surface area contributed by atoms with Crippen molar-refractivity contribution in [2.24, 2.45) is 0 Å². The maximum absolute atomic E-state index is 10.7. The summed E-state index contributed by atoms with van der Waals surface area (Å²) in [7, 11) is 0. The van der Waals surface area contributed by atoms with Crippen molar-refractivity contribution < 1.29 is 9.66 Å². The number of hydrogen-bond donors (Lipinski definition) is 1. The zero-order valence-electron chi connectivity index (χ0n) is 8.48. The summed E-state index contributed by atoms with van der Waals surface area (Å²) in [5.74, 6) is 0. The van der Waals surface area contributed by atoms with Crippen LogP contribution in [0.5, 0.6) is 0 Å². The molecular formula is C10H11BrN2O3. The molecule has 0 aromatic heterocycles. The van der Waals surface area contributed by atoms with E-state index in [2.05, 4.69) is 21.2 Å². The monoisotopic (exact) mass is 286 g/mol. The minimum Gasteiger partial charge on any atom is -0.378 e. The Balaban J connectivity index is 2.07. The van der Waals surface area contributed by atoms with Gasteiger partial charge in [-0.25, -0.2) is 0 Å². The number of rotatable bonds is 4. The van der Waals surface area contributed by atoms with Crippen LogP contribution in [0.4, 0.5) is 5.69 Å². The average Bonchev–Trinajstić information content (AvgIpc) is 2.17. The molecule has 86 valence electrons. The van der Waals surface area contributed by atoms with E-state index in [1.54, 1.807) is 6.07 Å². The molecule has 1 saturated heterocycles. The highest BCUT2D eigenvalue weighted by atomic mass is 79.9. The van der Waals surface area contributed by atoms with Gasteiger partial charge in [-0.15, -0.1) is 0 Å². The van der Waals surface area contributed by atoms with E-state index in [0.717, 1.165) is 5.56 Å². The van der Waals surface area contributed by atoms with Crippen molar-refractivity contribution in [2.75, 3.05) is 13.2 Å². The topological polar surface area (TPSA) is 64.4 Å². The van der Waals surface area contributed by atoms with E-state index in [1.165, 1.54) is 6.07 Å². The molecular weight excluding hydrogens is 276 g/mol. The van der Waals surface area contributed by atoms with Gasteiger partial charge in [0.2, 0.25) is 0 Å². The fourth-order valence-corrected chi connectivity index (χ4v) is 2.00. The lowest BCUT2D eigenvalue weighted by molar-refractivity contribution is -0.385. The molecule has 1 N–H and O–H groups in total. The molecule has 0 amide bonds. The third-order valence-electron chi connectivity index (χ3n) is 2.47. The Kier molecular flexibility index (Phi) is 3.52. The van der Waals surface area contributed by atoms with Gasteiger partial charge in [0.1, 0.15) is 0 Å². The second kappa shape index (κ2) is 4.90. The highest BCUT2D eigenvalue weighted by Gasteiger charge is 2.19. The molecule has 16 heavy (non-hydrogen) atoms. The third kappa shape index (κ3) is 2.40. The zero-order chi connectivity index (χ0) is 11.5. The number of halogens is 1. The number of nitrogens with one attached hydrogen (secondary N) is 1. The van der Waals surface area contributed by atoms with E-state index in [9.17, 15) is 10.1 Å². The van der Waals surface area contributed by atoms with E-state index < -0.39 is 0 Å². The molecule has 0 atom stereocenters. The predicted octanol–water partition coefficient (Wildman–Crippen LogP) is 1.85. The Morgan fingerprint density at radius 1 is 1.56 bits per heavy atom. The maximum Gasteiger partial charge on any atom is 0.283 e. The van der Waals surface area contributed by atoms with Crippen LogP contribution in [0.1, 0.15) is 5.56 Å². The van der Waals surface area contributed by atoms with Crippen LogP contribution in [0.3, 0.4) is 0 Å². The van der Waals surface area contributed by atoms with Gasteiger partial charge >= 0.3 is 0 Å². The van der Waals surface area contributed by atoms with Crippen molar-refractivity contribution in [3.8, 4) is 0 Å². The van der Waals surface area contributed by atoms with Crippen molar-refractivity contribution in [3.63, 3.8) is 0 Å². The van der Waals surface area contributed by atoms with Gasteiger partial charge in [-0.3, -0.25) is 10.1 Å². The summed E-state index contributed by atoms with van der Waals surface area (Å²) in [6, 6.07) is 5.41. The molecule has 1 heterocycles. The Labute approximate surface area is 101 Å². The van der Waals surface area contributed by atoms with Gasteiger partial charge in [-0.1, -0.05) is 12.1 Å². The fraction of sp³-hybridized carbons (Fsp3) is 0.400. The quantitative estimate of drug-likeness (QED) is 0.678. The molecule has 0 aliphatic carbocycles. The number of nitro groups is 1. The lowest BCUT2D eigenvalue weighted by Crippen LogP contribution is -2.45. The first-order chi connectivity index (χ1) is 7.68. The summed E-state index contributed by atoms with van der Waals surface area (Å²) in [6.07, 6.45) is 0. The van der Waals surface area contributed by atoms with E-state index in [0.29, 0.717) is 30.3 Å². The van der Waals surface area contributed by atoms with Gasteiger partial charge in [0.15, 0.2) is 0 Å². The van der Waals surface area contributed by atoms with E-state index in [4.69, 9.17) is 4.74 Å². The molecule has 1 aromatic rings. The predicted molar refractivity (Wildman–Crippen MR) is 62.2 cm³/mol. The minimum absolute atomic E-state index is 0.101. The second-order valence-electron chi connectivity index (χ2n) is 3.62. The Bertz CT molecular complexity index is 407. The lowest BCUT2D eigenvalue weighted by Gasteiger charge is -2.27. The zero-order valence-corrected chi connectivity index (χ0v) is 10.1. The van der Waals surface area contributed by atoms with Crippen molar-refractivity contribution >= 4 is 21.6 Å². The first kappa shape index (κ1) is 11.5. The van der Waals surface area contributed by atoms with Crippen LogP contribution >= 0.6 is 15.9 Å². The van der Waals surface area contributed by atoms with Gasteiger partial charge < -0.3 is 10.1 Å². The Morgan fingerprint density at radius 2 is 2.31 bits per heavy atom. The summed E-state index contributed by atoms with van der Waals surface area (Å²) in [4.78, 5) is 10.3. The normalized spacial score (nSPS) is 15.8. The average molecular weight is 287 g/mol. The number of ether oxygens (including phenoxy) is 1. The molecule has 0 bridgehead atoms. The van der Waals surface area contributed by atoms with Crippen LogP contribution in [0.15, 0.2) is 22.7 Å². The van der Waals surface area contributed by atoms with Crippen LogP contribution < -0.4 is 5.32 Å². The van der Waals surface area contributed by atoms with Crippen LogP contribution in [0.2, 0.25) is 0 Å². The molecule has 1 aromatic carbocycles. The SMILES string of the molecule is O=[N+]([O-])c1cccc(CNC2COC2)c1Br. The summed E-state index contributed by atoms with van der Waals surface area (Å²) < 4.78 is 5.58. The first-order valence-electron chi connectivity index (χ1n) is 4.91. The lowest BCUT2D eigenvalue weighted by atomic mass is 10.2. The Hall–Kier alpha value is -0.980. The second-order valence-corrected chi connectivity index (χ2v) is 4.42. The summed E-state index contributed by atoms with van der Waals surface area (Å²) >= 11 is 3.26. The molecule has 0 spiro atoms. The van der Waals surface area contributed by atoms with Gasteiger partial charge in [0.05, 0.1) is 28.7 Å². The Morgan fingerprint density at radius 3 is 2.88 bits per heavy atom. The van der Waals surface area contributed by atoms with Gasteiger partial charge in [0, 0.05) is 12.6 Å². The van der Waals surface area contributed by atoms with E-state index in [1.807, 2.05) is 6.07 Å². The molecule has 0 radical (unpaired) electrons. The summed E-state index contributed by atoms with van der Waals surface area (Å²) in [6.45, 7) is 2.04. The van der Waals surface area contributed by atoms with Gasteiger partial charge in [0.25, 0.3) is 5.69 Å². The third-order valence-corrected chi connectivity index (χ3v) is 3.39. The molecule has 1 aliphatic rings. The molecule has 0 unspecified atom stereocenters. The minimum atomic E-state index is -0.389. The molecule has 6 heteroatoms. The van der Waals surface area contributed by atoms with Crippen LogP contribution in [-0.4, -0.2) is 24.2 Å². The van der Waals surface area contributed by atoms with Crippen LogP contribution in [0, 0.1) is 10.1 Å². The summed E-state index contributed by atoms with van der Waals surface area (Å²) in [5.41, 5.74) is 0.991. The van der Waals surface area contributed by atoms with Gasteiger partial charge in [-0.05, 0) is 21.5 Å².